The van der Waals surface area contributed by atoms with Gasteiger partial charge in [0.1, 0.15) is 29.6 Å². The first kappa shape index (κ1) is 16.0. The molecule has 0 radical (unpaired) electrons. The number of hydrogen-bond acceptors (Lipinski definition) is 8. The van der Waals surface area contributed by atoms with E-state index in [2.05, 4.69) is 5.32 Å². The third-order valence-corrected chi connectivity index (χ3v) is 2.30. The normalized spacial score (nSPS) is 8.82. The molecule has 10 nitrogen and oxygen atoms in total. The molecule has 0 aliphatic rings. The Morgan fingerprint density at radius 1 is 1.05 bits per heavy atom. The number of allylic oxidation sites excluding steroid dienone is 2. The Balaban J connectivity index is 3.53. The first-order valence-electron chi connectivity index (χ1n) is 5.19. The predicted octanol–water partition coefficient (Wildman–Crippen LogP) is 1.88. The third-order valence-electron chi connectivity index (χ3n) is 2.30. The summed E-state index contributed by atoms with van der Waals surface area (Å²) >= 11 is 0. The van der Waals surface area contributed by atoms with Gasteiger partial charge in [-0.2, -0.15) is 20.2 Å². The zero-order valence-electron chi connectivity index (χ0n) is 10.4. The molecule has 1 aromatic carbocycles. The lowest BCUT2D eigenvalue weighted by Gasteiger charge is -2.06. The number of nitro groups is 2. The van der Waals surface area contributed by atoms with Crippen molar-refractivity contribution in [2.75, 3.05) is 5.32 Å². The van der Waals surface area contributed by atoms with Gasteiger partial charge < -0.3 is 5.32 Å². The van der Waals surface area contributed by atoms with Crippen molar-refractivity contribution in [2.24, 2.45) is 0 Å². The van der Waals surface area contributed by atoms with Gasteiger partial charge in [-0.25, -0.2) is 0 Å². The Kier molecular flexibility index (Phi) is 4.67. The zero-order valence-corrected chi connectivity index (χ0v) is 10.4. The van der Waals surface area contributed by atoms with Crippen molar-refractivity contribution >= 4 is 17.1 Å². The van der Waals surface area contributed by atoms with Crippen LogP contribution in [0, 0.1) is 60.0 Å². The molecule has 0 fully saturated rings. The van der Waals surface area contributed by atoms with Gasteiger partial charge in [-0.3, -0.25) is 20.2 Å². The molecular weight excluding hydrogens is 299 g/mol. The molecule has 0 spiro atoms. The van der Waals surface area contributed by atoms with Gasteiger partial charge in [0.25, 0.3) is 5.69 Å². The van der Waals surface area contributed by atoms with Gasteiger partial charge in [0, 0.05) is 6.07 Å². The van der Waals surface area contributed by atoms with E-state index in [1.54, 1.807) is 0 Å². The van der Waals surface area contributed by atoms with Crippen LogP contribution in [0.15, 0.2) is 23.4 Å². The standard InChI is InChI=1S/C11H3FN6O4/c12-7-1-8(16-9(5-15)6(3-13)4-14)11(18(21)22)2-10(7)17(19)20/h1-2,16H. The van der Waals surface area contributed by atoms with Crippen molar-refractivity contribution in [1.82, 2.24) is 0 Å². The number of hydrogen-bond donors (Lipinski definition) is 1. The van der Waals surface area contributed by atoms with E-state index < -0.39 is 44.0 Å². The fourth-order valence-electron chi connectivity index (χ4n) is 1.36. The topological polar surface area (TPSA) is 170 Å². The van der Waals surface area contributed by atoms with E-state index >= 15 is 0 Å². The number of halogens is 1. The Labute approximate surface area is 121 Å². The molecule has 0 unspecified atom stereocenters. The maximum Gasteiger partial charge on any atom is 0.311 e. The summed E-state index contributed by atoms with van der Waals surface area (Å²) in [6.07, 6.45) is 0. The molecule has 0 aliphatic carbocycles. The number of rotatable bonds is 4. The lowest BCUT2D eigenvalue weighted by atomic mass is 10.2. The molecule has 1 aromatic rings. The van der Waals surface area contributed by atoms with E-state index in [1.807, 2.05) is 0 Å². The molecule has 0 aliphatic heterocycles. The largest absolute Gasteiger partial charge is 0.339 e. The molecule has 22 heavy (non-hydrogen) atoms. The SMILES string of the molecule is N#CC(C#N)=C(C#N)Nc1cc(F)c([N+](=O)[O-])cc1[N+](=O)[O-]. The second kappa shape index (κ2) is 6.41. The van der Waals surface area contributed by atoms with Crippen LogP contribution in [-0.4, -0.2) is 9.85 Å². The summed E-state index contributed by atoms with van der Waals surface area (Å²) in [4.78, 5) is 19.3. The highest BCUT2D eigenvalue weighted by molar-refractivity contribution is 5.70. The number of nitro benzene ring substituents is 2. The zero-order chi connectivity index (χ0) is 16.9. The average Bonchev–Trinajstić information content (AvgIpc) is 2.46. The molecule has 11 heteroatoms. The van der Waals surface area contributed by atoms with Crippen molar-refractivity contribution in [3.63, 3.8) is 0 Å². The van der Waals surface area contributed by atoms with Crippen LogP contribution >= 0.6 is 0 Å². The van der Waals surface area contributed by atoms with E-state index in [-0.39, 0.29) is 0 Å². The number of nitrogens with one attached hydrogen (secondary N) is 1. The van der Waals surface area contributed by atoms with E-state index in [9.17, 15) is 24.6 Å². The minimum absolute atomic E-state index is 0.366. The molecule has 1 N–H and O–H groups in total. The molecule has 0 aromatic heterocycles. The van der Waals surface area contributed by atoms with Gasteiger partial charge in [0.2, 0.25) is 5.82 Å². The van der Waals surface area contributed by atoms with Gasteiger partial charge in [-0.1, -0.05) is 0 Å². The van der Waals surface area contributed by atoms with Crippen molar-refractivity contribution < 1.29 is 14.2 Å². The van der Waals surface area contributed by atoms with Crippen LogP contribution in [0.1, 0.15) is 0 Å². The van der Waals surface area contributed by atoms with Crippen LogP contribution in [-0.2, 0) is 0 Å². The molecule has 108 valence electrons. The number of anilines is 1. The predicted molar refractivity (Wildman–Crippen MR) is 67.2 cm³/mol. The monoisotopic (exact) mass is 302 g/mol. The molecule has 0 atom stereocenters. The van der Waals surface area contributed by atoms with Gasteiger partial charge in [-0.15, -0.1) is 0 Å². The van der Waals surface area contributed by atoms with Crippen LogP contribution in [0.4, 0.5) is 21.5 Å². The van der Waals surface area contributed by atoms with Crippen molar-refractivity contribution in [2.45, 2.75) is 0 Å². The van der Waals surface area contributed by atoms with E-state index in [1.165, 1.54) is 18.2 Å². The van der Waals surface area contributed by atoms with E-state index in [0.717, 1.165) is 0 Å². The lowest BCUT2D eigenvalue weighted by molar-refractivity contribution is -0.395. The number of nitrogens with zero attached hydrogens (tertiary/aromatic N) is 5. The maximum absolute atomic E-state index is 13.5. The summed E-state index contributed by atoms with van der Waals surface area (Å²) in [7, 11) is 0. The summed E-state index contributed by atoms with van der Waals surface area (Å²) in [6.45, 7) is 0. The lowest BCUT2D eigenvalue weighted by Crippen LogP contribution is -2.05. The average molecular weight is 302 g/mol. The van der Waals surface area contributed by atoms with Gasteiger partial charge >= 0.3 is 5.69 Å². The highest BCUT2D eigenvalue weighted by atomic mass is 19.1. The third kappa shape index (κ3) is 3.10. The summed E-state index contributed by atoms with van der Waals surface area (Å²) in [5.74, 6) is -1.38. The number of benzene rings is 1. The molecule has 0 saturated heterocycles. The first-order chi connectivity index (χ1) is 10.3. The molecular formula is C11H3FN6O4. The summed E-state index contributed by atoms with van der Waals surface area (Å²) in [6, 6.07) is 4.97. The molecule has 0 bridgehead atoms. The smallest absolute Gasteiger partial charge is 0.311 e. The second-order valence-corrected chi connectivity index (χ2v) is 3.55. The minimum Gasteiger partial charge on any atom is -0.339 e. The summed E-state index contributed by atoms with van der Waals surface area (Å²) in [5, 5.41) is 49.6. The van der Waals surface area contributed by atoms with Crippen LogP contribution in [0.3, 0.4) is 0 Å². The van der Waals surface area contributed by atoms with E-state index in [0.29, 0.717) is 12.1 Å². The highest BCUT2D eigenvalue weighted by Gasteiger charge is 2.25. The van der Waals surface area contributed by atoms with Gasteiger partial charge in [0.15, 0.2) is 5.57 Å². The Hall–Kier alpha value is -4.04. The quantitative estimate of drug-likeness (QED) is 0.498. The molecule has 0 amide bonds. The molecule has 1 rings (SSSR count). The summed E-state index contributed by atoms with van der Waals surface area (Å²) < 4.78 is 13.5. The van der Waals surface area contributed by atoms with Crippen molar-refractivity contribution in [3.8, 4) is 18.2 Å². The number of nitriles is 3. The Morgan fingerprint density at radius 2 is 1.59 bits per heavy atom. The Bertz CT molecular complexity index is 811. The molecule has 0 heterocycles. The second-order valence-electron chi connectivity index (χ2n) is 3.55. The van der Waals surface area contributed by atoms with Crippen LogP contribution in [0.2, 0.25) is 0 Å². The minimum atomic E-state index is -1.38. The van der Waals surface area contributed by atoms with Crippen molar-refractivity contribution in [3.05, 3.63) is 49.4 Å². The Morgan fingerprint density at radius 3 is 2.00 bits per heavy atom. The van der Waals surface area contributed by atoms with E-state index in [4.69, 9.17) is 15.8 Å². The fourth-order valence-corrected chi connectivity index (χ4v) is 1.36. The fraction of sp³-hybridized carbons (Fsp3) is 0. The van der Waals surface area contributed by atoms with Gasteiger partial charge in [0.05, 0.1) is 15.9 Å². The van der Waals surface area contributed by atoms with Crippen LogP contribution in [0.25, 0.3) is 0 Å². The van der Waals surface area contributed by atoms with Crippen LogP contribution < -0.4 is 5.32 Å². The van der Waals surface area contributed by atoms with Gasteiger partial charge in [-0.05, 0) is 0 Å². The summed E-state index contributed by atoms with van der Waals surface area (Å²) in [5.41, 5.74) is -3.96. The van der Waals surface area contributed by atoms with Crippen LogP contribution in [0.5, 0.6) is 0 Å². The first-order valence-corrected chi connectivity index (χ1v) is 5.19. The van der Waals surface area contributed by atoms with Crippen molar-refractivity contribution in [1.29, 1.82) is 15.8 Å². The highest BCUT2D eigenvalue weighted by Crippen LogP contribution is 2.32. The maximum atomic E-state index is 13.5. The molecule has 0 saturated carbocycles.